The maximum Gasteiger partial charge on any atom is 0.287 e. The van der Waals surface area contributed by atoms with Crippen molar-refractivity contribution in [1.82, 2.24) is 19.7 Å². The summed E-state index contributed by atoms with van der Waals surface area (Å²) in [6, 6.07) is 4.99. The molecule has 0 bridgehead atoms. The van der Waals surface area contributed by atoms with Crippen LogP contribution in [0.4, 0.5) is 11.5 Å². The second-order valence-electron chi connectivity index (χ2n) is 5.80. The fourth-order valence-corrected chi connectivity index (χ4v) is 2.81. The van der Waals surface area contributed by atoms with Crippen molar-refractivity contribution in [3.63, 3.8) is 0 Å². The molecule has 1 aliphatic rings. The fraction of sp³-hybridized carbons (Fsp3) is 0.467. The lowest BCUT2D eigenvalue weighted by atomic mass is 10.2. The van der Waals surface area contributed by atoms with Gasteiger partial charge in [-0.3, -0.25) is 19.7 Å². The molecule has 128 valence electrons. The van der Waals surface area contributed by atoms with E-state index in [4.69, 9.17) is 0 Å². The Balaban J connectivity index is 1.47. The Hall–Kier alpha value is -2.52. The summed E-state index contributed by atoms with van der Waals surface area (Å²) >= 11 is 0. The van der Waals surface area contributed by atoms with Crippen LogP contribution in [0, 0.1) is 10.1 Å². The summed E-state index contributed by atoms with van der Waals surface area (Å²) in [5.41, 5.74) is -0.000806. The minimum Gasteiger partial charge on any atom is -0.390 e. The summed E-state index contributed by atoms with van der Waals surface area (Å²) < 4.78 is 1.72. The van der Waals surface area contributed by atoms with Crippen molar-refractivity contribution in [3.05, 3.63) is 46.9 Å². The first-order valence-electron chi connectivity index (χ1n) is 7.85. The lowest BCUT2D eigenvalue weighted by molar-refractivity contribution is -0.385. The van der Waals surface area contributed by atoms with Gasteiger partial charge in [-0.15, -0.1) is 0 Å². The molecule has 0 aliphatic carbocycles. The van der Waals surface area contributed by atoms with Crippen molar-refractivity contribution in [3.8, 4) is 0 Å². The van der Waals surface area contributed by atoms with Crippen LogP contribution in [0.15, 0.2) is 36.8 Å². The van der Waals surface area contributed by atoms with E-state index in [9.17, 15) is 15.2 Å². The lowest BCUT2D eigenvalue weighted by Crippen LogP contribution is -2.49. The van der Waals surface area contributed by atoms with Gasteiger partial charge >= 0.3 is 0 Å². The van der Waals surface area contributed by atoms with Crippen LogP contribution >= 0.6 is 0 Å². The second kappa shape index (κ2) is 7.37. The van der Waals surface area contributed by atoms with E-state index in [1.807, 2.05) is 12.3 Å². The molecule has 9 nitrogen and oxygen atoms in total. The molecule has 0 spiro atoms. The first-order chi connectivity index (χ1) is 11.6. The molecule has 1 unspecified atom stereocenters. The van der Waals surface area contributed by atoms with Crippen molar-refractivity contribution in [1.29, 1.82) is 0 Å². The van der Waals surface area contributed by atoms with Crippen LogP contribution in [0.5, 0.6) is 0 Å². The average molecular weight is 332 g/mol. The number of aromatic nitrogens is 3. The molecule has 1 fully saturated rings. The molecule has 0 radical (unpaired) electrons. The Morgan fingerprint density at radius 3 is 2.62 bits per heavy atom. The minimum atomic E-state index is -0.464. The van der Waals surface area contributed by atoms with Gasteiger partial charge < -0.3 is 10.0 Å². The summed E-state index contributed by atoms with van der Waals surface area (Å²) in [5.74, 6) is 0.748. The van der Waals surface area contributed by atoms with E-state index in [0.717, 1.165) is 32.0 Å². The number of anilines is 1. The number of piperazine rings is 1. The largest absolute Gasteiger partial charge is 0.390 e. The van der Waals surface area contributed by atoms with E-state index >= 15 is 0 Å². The van der Waals surface area contributed by atoms with Gasteiger partial charge in [0.2, 0.25) is 0 Å². The molecule has 1 saturated heterocycles. The zero-order valence-electron chi connectivity index (χ0n) is 13.2. The SMILES string of the molecule is O=[N+]([O-])c1ccc(N2CCN(CC(O)Cn3cccn3)CC2)nc1. The molecule has 0 saturated carbocycles. The summed E-state index contributed by atoms with van der Waals surface area (Å²) in [6.45, 7) is 4.26. The monoisotopic (exact) mass is 332 g/mol. The van der Waals surface area contributed by atoms with Gasteiger partial charge in [0.15, 0.2) is 0 Å². The highest BCUT2D eigenvalue weighted by Crippen LogP contribution is 2.17. The first-order valence-corrected chi connectivity index (χ1v) is 7.85. The van der Waals surface area contributed by atoms with Gasteiger partial charge in [-0.2, -0.15) is 5.10 Å². The van der Waals surface area contributed by atoms with Gasteiger partial charge in [0.05, 0.1) is 17.6 Å². The predicted molar refractivity (Wildman–Crippen MR) is 87.8 cm³/mol. The third-order valence-electron chi connectivity index (χ3n) is 4.07. The van der Waals surface area contributed by atoms with Crippen LogP contribution in [0.3, 0.4) is 0 Å². The summed E-state index contributed by atoms with van der Waals surface area (Å²) in [4.78, 5) is 18.7. The van der Waals surface area contributed by atoms with Gasteiger partial charge in [0.1, 0.15) is 12.0 Å². The summed E-state index contributed by atoms with van der Waals surface area (Å²) in [7, 11) is 0. The lowest BCUT2D eigenvalue weighted by Gasteiger charge is -2.36. The summed E-state index contributed by atoms with van der Waals surface area (Å²) in [5, 5.41) is 24.9. The number of hydrogen-bond donors (Lipinski definition) is 1. The molecular formula is C15H20N6O3. The number of aliphatic hydroxyl groups excluding tert-OH is 1. The Kier molecular flexibility index (Phi) is 5.02. The number of nitrogens with zero attached hydrogens (tertiary/aromatic N) is 6. The van der Waals surface area contributed by atoms with Crippen LogP contribution in [0.1, 0.15) is 0 Å². The minimum absolute atomic E-state index is 0.000806. The first kappa shape index (κ1) is 16.3. The van der Waals surface area contributed by atoms with Crippen molar-refractivity contribution in [2.75, 3.05) is 37.6 Å². The maximum absolute atomic E-state index is 10.7. The molecule has 9 heteroatoms. The molecule has 0 aromatic carbocycles. The van der Waals surface area contributed by atoms with E-state index in [1.54, 1.807) is 16.9 Å². The van der Waals surface area contributed by atoms with Gasteiger partial charge in [-0.05, 0) is 12.1 Å². The molecule has 1 aliphatic heterocycles. The number of rotatable bonds is 6. The quantitative estimate of drug-likeness (QED) is 0.602. The van der Waals surface area contributed by atoms with E-state index in [2.05, 4.69) is 19.9 Å². The Bertz CT molecular complexity index is 652. The normalized spacial score (nSPS) is 17.0. The van der Waals surface area contributed by atoms with E-state index < -0.39 is 11.0 Å². The molecule has 2 aromatic heterocycles. The Morgan fingerprint density at radius 2 is 2.04 bits per heavy atom. The highest BCUT2D eigenvalue weighted by Gasteiger charge is 2.20. The molecule has 1 atom stereocenters. The zero-order valence-corrected chi connectivity index (χ0v) is 13.2. The van der Waals surface area contributed by atoms with Crippen LogP contribution < -0.4 is 4.90 Å². The van der Waals surface area contributed by atoms with Crippen LogP contribution in [0.25, 0.3) is 0 Å². The van der Waals surface area contributed by atoms with Gasteiger partial charge in [-0.25, -0.2) is 4.98 Å². The Morgan fingerprint density at radius 1 is 1.25 bits per heavy atom. The molecule has 1 N–H and O–H groups in total. The smallest absolute Gasteiger partial charge is 0.287 e. The van der Waals surface area contributed by atoms with Crippen LogP contribution in [0.2, 0.25) is 0 Å². The van der Waals surface area contributed by atoms with Crippen LogP contribution in [-0.2, 0) is 6.54 Å². The van der Waals surface area contributed by atoms with E-state index in [1.165, 1.54) is 12.3 Å². The molecule has 2 aromatic rings. The maximum atomic E-state index is 10.7. The summed E-state index contributed by atoms with van der Waals surface area (Å²) in [6.07, 6.45) is 4.36. The van der Waals surface area contributed by atoms with Gasteiger partial charge in [-0.1, -0.05) is 0 Å². The second-order valence-corrected chi connectivity index (χ2v) is 5.80. The van der Waals surface area contributed by atoms with Gasteiger partial charge in [0.25, 0.3) is 5.69 Å². The van der Waals surface area contributed by atoms with Crippen molar-refractivity contribution < 1.29 is 10.0 Å². The van der Waals surface area contributed by atoms with E-state index in [-0.39, 0.29) is 5.69 Å². The third-order valence-corrected chi connectivity index (χ3v) is 4.07. The number of pyridine rings is 1. The molecule has 3 heterocycles. The zero-order chi connectivity index (χ0) is 16.9. The van der Waals surface area contributed by atoms with Crippen molar-refractivity contribution >= 4 is 11.5 Å². The number of β-amino-alcohol motifs (C(OH)–C–C–N with tert-alkyl or cyclic N) is 1. The molecular weight excluding hydrogens is 312 g/mol. The number of aliphatic hydroxyl groups is 1. The standard InChI is InChI=1S/C15H20N6O3/c22-14(12-20-5-1-4-17-20)11-18-6-8-19(9-7-18)15-3-2-13(10-16-15)21(23)24/h1-5,10,14,22H,6-9,11-12H2. The predicted octanol–water partition coefficient (Wildman–Crippen LogP) is 0.369. The highest BCUT2D eigenvalue weighted by atomic mass is 16.6. The number of hydrogen-bond acceptors (Lipinski definition) is 7. The van der Waals surface area contributed by atoms with Gasteiger partial charge in [0, 0.05) is 51.2 Å². The topological polar surface area (TPSA) is 101 Å². The molecule has 24 heavy (non-hydrogen) atoms. The third kappa shape index (κ3) is 4.06. The van der Waals surface area contributed by atoms with E-state index in [0.29, 0.717) is 13.1 Å². The number of nitro groups is 1. The molecule has 0 amide bonds. The molecule has 3 rings (SSSR count). The van der Waals surface area contributed by atoms with Crippen molar-refractivity contribution in [2.24, 2.45) is 0 Å². The Labute approximate surface area is 139 Å². The average Bonchev–Trinajstić information content (AvgIpc) is 3.08. The fourth-order valence-electron chi connectivity index (χ4n) is 2.81. The van der Waals surface area contributed by atoms with Crippen molar-refractivity contribution in [2.45, 2.75) is 12.6 Å². The highest BCUT2D eigenvalue weighted by molar-refractivity contribution is 5.43. The van der Waals surface area contributed by atoms with Crippen LogP contribution in [-0.4, -0.2) is 68.5 Å².